The van der Waals surface area contributed by atoms with E-state index in [2.05, 4.69) is 17.3 Å². The van der Waals surface area contributed by atoms with Crippen LogP contribution in [0.2, 0.25) is 0 Å². The Morgan fingerprint density at radius 2 is 2.09 bits per heavy atom. The van der Waals surface area contributed by atoms with Gasteiger partial charge in [-0.05, 0) is 63.7 Å². The molecule has 4 aliphatic rings. The first-order chi connectivity index (χ1) is 10.9. The molecule has 2 N–H and O–H groups in total. The summed E-state index contributed by atoms with van der Waals surface area (Å²) in [6, 6.07) is 0. The molecule has 0 spiro atoms. The monoisotopic (exact) mass is 317 g/mol. The average Bonchev–Trinajstić information content (AvgIpc) is 2.77. The number of aryl methyl sites for hydroxylation is 1. The van der Waals surface area contributed by atoms with Crippen molar-refractivity contribution in [3.8, 4) is 0 Å². The standard InChI is InChI=1S/C18H27N3O2/c1-3-4-21-12(2)15(10-19-21)16(22)20-17-6-13-5-14(7-17)9-18(23,8-13)11-17/h10,13-14,23H,3-9,11H2,1-2H3,(H,20,22)/t13-,14+,17?,18?. The minimum Gasteiger partial charge on any atom is -0.390 e. The van der Waals surface area contributed by atoms with Crippen molar-refractivity contribution in [2.45, 2.75) is 76.5 Å². The second-order valence-electron chi connectivity index (χ2n) is 8.29. The lowest BCUT2D eigenvalue weighted by molar-refractivity contribution is -0.139. The lowest BCUT2D eigenvalue weighted by Crippen LogP contribution is -2.65. The number of nitrogens with one attached hydrogen (secondary N) is 1. The molecule has 1 aromatic rings. The van der Waals surface area contributed by atoms with E-state index in [9.17, 15) is 9.90 Å². The Morgan fingerprint density at radius 3 is 2.70 bits per heavy atom. The summed E-state index contributed by atoms with van der Waals surface area (Å²) in [5.74, 6) is 1.13. The van der Waals surface area contributed by atoms with E-state index in [-0.39, 0.29) is 11.4 Å². The number of carbonyl (C=O) groups excluding carboxylic acids is 1. The quantitative estimate of drug-likeness (QED) is 0.896. The Balaban J connectivity index is 1.55. The van der Waals surface area contributed by atoms with Crippen LogP contribution in [0.4, 0.5) is 0 Å². The lowest BCUT2D eigenvalue weighted by Gasteiger charge is -2.60. The van der Waals surface area contributed by atoms with Crippen LogP contribution < -0.4 is 5.32 Å². The highest BCUT2D eigenvalue weighted by atomic mass is 16.3. The van der Waals surface area contributed by atoms with Crippen molar-refractivity contribution in [2.75, 3.05) is 0 Å². The normalized spacial score (nSPS) is 38.0. The van der Waals surface area contributed by atoms with Crippen LogP contribution >= 0.6 is 0 Å². The summed E-state index contributed by atoms with van der Waals surface area (Å²) < 4.78 is 1.90. The largest absolute Gasteiger partial charge is 0.390 e. The Morgan fingerprint density at radius 1 is 1.39 bits per heavy atom. The van der Waals surface area contributed by atoms with Gasteiger partial charge in [0.05, 0.1) is 17.4 Å². The molecule has 126 valence electrons. The van der Waals surface area contributed by atoms with E-state index < -0.39 is 5.60 Å². The minimum absolute atomic E-state index is 0.0181. The number of aliphatic hydroxyl groups is 1. The van der Waals surface area contributed by atoms with Crippen LogP contribution in [0.3, 0.4) is 0 Å². The Bertz CT molecular complexity index is 622. The molecule has 2 unspecified atom stereocenters. The van der Waals surface area contributed by atoms with Crippen molar-refractivity contribution in [3.05, 3.63) is 17.5 Å². The van der Waals surface area contributed by atoms with E-state index in [0.29, 0.717) is 17.4 Å². The Kier molecular flexibility index (Phi) is 3.34. The first kappa shape index (κ1) is 15.2. The smallest absolute Gasteiger partial charge is 0.255 e. The van der Waals surface area contributed by atoms with Crippen LogP contribution in [-0.2, 0) is 6.54 Å². The van der Waals surface area contributed by atoms with Gasteiger partial charge in [0.25, 0.3) is 5.91 Å². The van der Waals surface area contributed by atoms with Crippen molar-refractivity contribution in [2.24, 2.45) is 11.8 Å². The van der Waals surface area contributed by atoms with Crippen molar-refractivity contribution in [3.63, 3.8) is 0 Å². The molecule has 0 radical (unpaired) electrons. The van der Waals surface area contributed by atoms with Gasteiger partial charge in [0, 0.05) is 17.8 Å². The third kappa shape index (κ3) is 2.49. The van der Waals surface area contributed by atoms with Gasteiger partial charge in [0.15, 0.2) is 0 Å². The molecule has 4 saturated carbocycles. The van der Waals surface area contributed by atoms with Crippen LogP contribution in [0.25, 0.3) is 0 Å². The molecular weight excluding hydrogens is 290 g/mol. The molecule has 5 rings (SSSR count). The van der Waals surface area contributed by atoms with Crippen molar-refractivity contribution in [1.29, 1.82) is 0 Å². The fourth-order valence-electron chi connectivity index (χ4n) is 5.78. The molecule has 0 aliphatic heterocycles. The van der Waals surface area contributed by atoms with Gasteiger partial charge in [-0.15, -0.1) is 0 Å². The van der Waals surface area contributed by atoms with Gasteiger partial charge >= 0.3 is 0 Å². The second-order valence-corrected chi connectivity index (χ2v) is 8.29. The van der Waals surface area contributed by atoms with Crippen LogP contribution in [0, 0.1) is 18.8 Å². The molecule has 5 nitrogen and oxygen atoms in total. The van der Waals surface area contributed by atoms with Crippen LogP contribution in [0.1, 0.15) is 67.9 Å². The van der Waals surface area contributed by atoms with Gasteiger partial charge in [-0.1, -0.05) is 6.92 Å². The van der Waals surface area contributed by atoms with Crippen molar-refractivity contribution < 1.29 is 9.90 Å². The van der Waals surface area contributed by atoms with Crippen LogP contribution in [0.15, 0.2) is 6.20 Å². The Hall–Kier alpha value is -1.36. The predicted molar refractivity (Wildman–Crippen MR) is 87.1 cm³/mol. The van der Waals surface area contributed by atoms with Crippen molar-refractivity contribution in [1.82, 2.24) is 15.1 Å². The highest BCUT2D eigenvalue weighted by Gasteiger charge is 2.57. The van der Waals surface area contributed by atoms with E-state index in [1.165, 1.54) is 6.42 Å². The minimum atomic E-state index is -0.543. The Labute approximate surface area is 137 Å². The molecule has 4 atom stereocenters. The SMILES string of the molecule is CCCn1ncc(C(=O)NC23C[C@@H]4C[C@@H](CC(O)(C4)C2)C3)c1C. The molecule has 1 heterocycles. The number of hydrogen-bond donors (Lipinski definition) is 2. The molecule has 4 bridgehead atoms. The zero-order valence-corrected chi connectivity index (χ0v) is 14.1. The third-order valence-electron chi connectivity index (χ3n) is 6.19. The molecule has 1 amide bonds. The first-order valence-electron chi connectivity index (χ1n) is 8.99. The number of rotatable bonds is 4. The van der Waals surface area contributed by atoms with Gasteiger partial charge < -0.3 is 10.4 Å². The number of aromatic nitrogens is 2. The van der Waals surface area contributed by atoms with E-state index in [1.54, 1.807) is 6.20 Å². The molecule has 23 heavy (non-hydrogen) atoms. The summed E-state index contributed by atoms with van der Waals surface area (Å²) in [6.45, 7) is 4.91. The predicted octanol–water partition coefficient (Wildman–Crippen LogP) is 2.42. The number of hydrogen-bond acceptors (Lipinski definition) is 3. The van der Waals surface area contributed by atoms with E-state index in [0.717, 1.165) is 50.8 Å². The highest BCUT2D eigenvalue weighted by Crippen LogP contribution is 2.57. The summed E-state index contributed by atoms with van der Waals surface area (Å²) in [5.41, 5.74) is 0.877. The summed E-state index contributed by atoms with van der Waals surface area (Å²) in [7, 11) is 0. The summed E-state index contributed by atoms with van der Waals surface area (Å²) in [5, 5.41) is 18.5. The highest BCUT2D eigenvalue weighted by molar-refractivity contribution is 5.95. The molecular formula is C18H27N3O2. The maximum atomic E-state index is 12.8. The topological polar surface area (TPSA) is 67.2 Å². The fourth-order valence-corrected chi connectivity index (χ4v) is 5.78. The molecule has 4 aliphatic carbocycles. The van der Waals surface area contributed by atoms with Crippen LogP contribution in [-0.4, -0.2) is 31.9 Å². The molecule has 1 aromatic heterocycles. The number of carbonyl (C=O) groups is 1. The molecule has 0 aromatic carbocycles. The van der Waals surface area contributed by atoms with Gasteiger partial charge in [-0.2, -0.15) is 5.10 Å². The average molecular weight is 317 g/mol. The molecule has 4 fully saturated rings. The zero-order chi connectivity index (χ0) is 16.2. The van der Waals surface area contributed by atoms with Gasteiger partial charge in [-0.25, -0.2) is 0 Å². The maximum Gasteiger partial charge on any atom is 0.255 e. The lowest BCUT2D eigenvalue weighted by atomic mass is 9.51. The van der Waals surface area contributed by atoms with Crippen molar-refractivity contribution >= 4 is 5.91 Å². The van der Waals surface area contributed by atoms with Gasteiger partial charge in [0.1, 0.15) is 0 Å². The molecule has 5 heteroatoms. The summed E-state index contributed by atoms with van der Waals surface area (Å²) >= 11 is 0. The fraction of sp³-hybridized carbons (Fsp3) is 0.778. The molecule has 0 saturated heterocycles. The van der Waals surface area contributed by atoms with E-state index >= 15 is 0 Å². The van der Waals surface area contributed by atoms with E-state index in [4.69, 9.17) is 0 Å². The summed E-state index contributed by atoms with van der Waals surface area (Å²) in [4.78, 5) is 12.8. The summed E-state index contributed by atoms with van der Waals surface area (Å²) in [6.07, 6.45) is 8.55. The first-order valence-corrected chi connectivity index (χ1v) is 8.99. The van der Waals surface area contributed by atoms with Gasteiger partial charge in [-0.3, -0.25) is 9.48 Å². The number of nitrogens with zero attached hydrogens (tertiary/aromatic N) is 2. The van der Waals surface area contributed by atoms with Gasteiger partial charge in [0.2, 0.25) is 0 Å². The third-order valence-corrected chi connectivity index (χ3v) is 6.19. The van der Waals surface area contributed by atoms with E-state index in [1.807, 2.05) is 11.6 Å². The maximum absolute atomic E-state index is 12.8. The zero-order valence-electron chi connectivity index (χ0n) is 14.1. The van der Waals surface area contributed by atoms with Crippen LogP contribution in [0.5, 0.6) is 0 Å². The number of amides is 1. The second kappa shape index (κ2) is 5.07.